The van der Waals surface area contributed by atoms with E-state index >= 15 is 0 Å². The maximum Gasteiger partial charge on any atom is 0.313 e. The number of rotatable bonds is 3. The van der Waals surface area contributed by atoms with Crippen LogP contribution in [0.25, 0.3) is 11.3 Å². The summed E-state index contributed by atoms with van der Waals surface area (Å²) in [5.41, 5.74) is 1.64. The van der Waals surface area contributed by atoms with E-state index in [2.05, 4.69) is 25.9 Å². The Morgan fingerprint density at radius 3 is 2.83 bits per heavy atom. The SMILES string of the molecule is CC(C(=O)O)c1nccc(-c2cccc(Br)c2)n1. The van der Waals surface area contributed by atoms with Crippen molar-refractivity contribution in [3.63, 3.8) is 0 Å². The highest BCUT2D eigenvalue weighted by atomic mass is 79.9. The number of hydrogen-bond donors (Lipinski definition) is 1. The number of aliphatic carboxylic acids is 1. The third-order valence-corrected chi connectivity index (χ3v) is 3.05. The number of halogens is 1. The lowest BCUT2D eigenvalue weighted by atomic mass is 10.1. The zero-order chi connectivity index (χ0) is 13.1. The van der Waals surface area contributed by atoms with Crippen LogP contribution in [0.1, 0.15) is 18.7 Å². The Morgan fingerprint density at radius 2 is 2.17 bits per heavy atom. The Labute approximate surface area is 113 Å². The van der Waals surface area contributed by atoms with E-state index in [-0.39, 0.29) is 0 Å². The van der Waals surface area contributed by atoms with Crippen molar-refractivity contribution in [1.29, 1.82) is 0 Å². The molecule has 0 saturated carbocycles. The third kappa shape index (κ3) is 2.73. The number of hydrogen-bond acceptors (Lipinski definition) is 3. The summed E-state index contributed by atoms with van der Waals surface area (Å²) in [4.78, 5) is 19.2. The Bertz CT molecular complexity index is 587. The lowest BCUT2D eigenvalue weighted by molar-refractivity contribution is -0.138. The van der Waals surface area contributed by atoms with E-state index in [1.54, 1.807) is 19.2 Å². The fourth-order valence-electron chi connectivity index (χ4n) is 1.50. The van der Waals surface area contributed by atoms with Gasteiger partial charge in [0.2, 0.25) is 0 Å². The van der Waals surface area contributed by atoms with Gasteiger partial charge in [0.25, 0.3) is 0 Å². The van der Waals surface area contributed by atoms with Crippen molar-refractivity contribution in [1.82, 2.24) is 9.97 Å². The number of carboxylic acid groups (broad SMARTS) is 1. The van der Waals surface area contributed by atoms with Crippen LogP contribution in [0.5, 0.6) is 0 Å². The lowest BCUT2D eigenvalue weighted by Crippen LogP contribution is -2.11. The van der Waals surface area contributed by atoms with Gasteiger partial charge >= 0.3 is 5.97 Å². The molecule has 0 spiro atoms. The first-order valence-corrected chi connectivity index (χ1v) is 6.19. The van der Waals surface area contributed by atoms with Gasteiger partial charge in [-0.25, -0.2) is 9.97 Å². The monoisotopic (exact) mass is 306 g/mol. The number of aromatic nitrogens is 2. The minimum Gasteiger partial charge on any atom is -0.481 e. The highest BCUT2D eigenvalue weighted by molar-refractivity contribution is 9.10. The van der Waals surface area contributed by atoms with E-state index in [1.807, 2.05) is 24.3 Å². The van der Waals surface area contributed by atoms with Gasteiger partial charge in [0.05, 0.1) is 5.69 Å². The lowest BCUT2D eigenvalue weighted by Gasteiger charge is -2.07. The molecule has 1 N–H and O–H groups in total. The van der Waals surface area contributed by atoms with Gasteiger partial charge in [0, 0.05) is 16.2 Å². The number of nitrogens with zero attached hydrogens (tertiary/aromatic N) is 2. The minimum absolute atomic E-state index is 0.319. The zero-order valence-electron chi connectivity index (χ0n) is 9.67. The van der Waals surface area contributed by atoms with E-state index in [4.69, 9.17) is 5.11 Å². The van der Waals surface area contributed by atoms with Gasteiger partial charge in [-0.3, -0.25) is 4.79 Å². The quantitative estimate of drug-likeness (QED) is 0.946. The molecule has 2 rings (SSSR count). The highest BCUT2D eigenvalue weighted by Crippen LogP contribution is 2.22. The van der Waals surface area contributed by atoms with Gasteiger partial charge in [0.15, 0.2) is 0 Å². The van der Waals surface area contributed by atoms with Gasteiger partial charge < -0.3 is 5.11 Å². The summed E-state index contributed by atoms with van der Waals surface area (Å²) < 4.78 is 0.950. The standard InChI is InChI=1S/C13H11BrN2O2/c1-8(13(17)18)12-15-6-5-11(16-12)9-3-2-4-10(14)7-9/h2-8H,1H3,(H,17,18). The average Bonchev–Trinajstić information content (AvgIpc) is 2.38. The summed E-state index contributed by atoms with van der Waals surface area (Å²) in [6.45, 7) is 1.57. The average molecular weight is 307 g/mol. The van der Waals surface area contributed by atoms with Crippen LogP contribution >= 0.6 is 15.9 Å². The van der Waals surface area contributed by atoms with Crippen LogP contribution in [0, 0.1) is 0 Å². The largest absolute Gasteiger partial charge is 0.481 e. The Morgan fingerprint density at radius 1 is 1.39 bits per heavy atom. The van der Waals surface area contributed by atoms with Crippen LogP contribution in [0.2, 0.25) is 0 Å². The third-order valence-electron chi connectivity index (χ3n) is 2.55. The molecule has 0 bridgehead atoms. The van der Waals surface area contributed by atoms with E-state index < -0.39 is 11.9 Å². The smallest absolute Gasteiger partial charge is 0.313 e. The van der Waals surface area contributed by atoms with Crippen molar-refractivity contribution in [2.45, 2.75) is 12.8 Å². The van der Waals surface area contributed by atoms with Gasteiger partial charge in [0.1, 0.15) is 11.7 Å². The van der Waals surface area contributed by atoms with E-state index in [0.29, 0.717) is 5.82 Å². The van der Waals surface area contributed by atoms with Crippen molar-refractivity contribution >= 4 is 21.9 Å². The molecule has 4 nitrogen and oxygen atoms in total. The predicted octanol–water partition coefficient (Wildman–Crippen LogP) is 3.09. The van der Waals surface area contributed by atoms with Gasteiger partial charge in [-0.2, -0.15) is 0 Å². The van der Waals surface area contributed by atoms with Crippen molar-refractivity contribution in [2.24, 2.45) is 0 Å². The summed E-state index contributed by atoms with van der Waals surface area (Å²) in [6.07, 6.45) is 1.58. The first-order chi connectivity index (χ1) is 8.58. The molecule has 1 unspecified atom stereocenters. The number of carbonyl (C=O) groups is 1. The van der Waals surface area contributed by atoms with Crippen LogP contribution in [0.3, 0.4) is 0 Å². The Hall–Kier alpha value is -1.75. The van der Waals surface area contributed by atoms with Crippen molar-refractivity contribution in [2.75, 3.05) is 0 Å². The van der Waals surface area contributed by atoms with Crippen molar-refractivity contribution < 1.29 is 9.90 Å². The predicted molar refractivity (Wildman–Crippen MR) is 71.2 cm³/mol. The van der Waals surface area contributed by atoms with Crippen LogP contribution in [0.4, 0.5) is 0 Å². The molecule has 0 aliphatic heterocycles. The summed E-state index contributed by atoms with van der Waals surface area (Å²) >= 11 is 3.39. The maximum absolute atomic E-state index is 10.9. The molecule has 1 heterocycles. The second-order valence-electron chi connectivity index (χ2n) is 3.87. The first-order valence-electron chi connectivity index (χ1n) is 5.39. The molecule has 1 aromatic heterocycles. The molecule has 0 saturated heterocycles. The molecule has 0 radical (unpaired) electrons. The normalized spacial score (nSPS) is 12.1. The molecule has 18 heavy (non-hydrogen) atoms. The molecule has 5 heteroatoms. The fourth-order valence-corrected chi connectivity index (χ4v) is 1.90. The summed E-state index contributed by atoms with van der Waals surface area (Å²) in [6, 6.07) is 9.44. The molecule has 0 aliphatic rings. The summed E-state index contributed by atoms with van der Waals surface area (Å²) in [7, 11) is 0. The zero-order valence-corrected chi connectivity index (χ0v) is 11.3. The van der Waals surface area contributed by atoms with Gasteiger partial charge in [-0.1, -0.05) is 28.1 Å². The van der Waals surface area contributed by atoms with E-state index in [9.17, 15) is 4.79 Å². The maximum atomic E-state index is 10.9. The molecule has 0 amide bonds. The van der Waals surface area contributed by atoms with Crippen molar-refractivity contribution in [3.8, 4) is 11.3 Å². The molecule has 92 valence electrons. The number of benzene rings is 1. The van der Waals surface area contributed by atoms with Crippen LogP contribution in [-0.4, -0.2) is 21.0 Å². The van der Waals surface area contributed by atoms with Gasteiger partial charge in [-0.05, 0) is 25.1 Å². The minimum atomic E-state index is -0.929. The Kier molecular flexibility index (Phi) is 3.72. The van der Waals surface area contributed by atoms with Crippen LogP contribution in [-0.2, 0) is 4.79 Å². The number of carboxylic acids is 1. The van der Waals surface area contributed by atoms with Crippen molar-refractivity contribution in [3.05, 3.63) is 46.8 Å². The molecule has 0 aliphatic carbocycles. The van der Waals surface area contributed by atoms with Crippen LogP contribution < -0.4 is 0 Å². The molecular weight excluding hydrogens is 296 g/mol. The second kappa shape index (κ2) is 5.27. The molecule has 1 atom stereocenters. The molecular formula is C13H11BrN2O2. The summed E-state index contributed by atoms with van der Waals surface area (Å²) in [5, 5.41) is 8.95. The first kappa shape index (κ1) is 12.7. The fraction of sp³-hybridized carbons (Fsp3) is 0.154. The second-order valence-corrected chi connectivity index (χ2v) is 4.79. The topological polar surface area (TPSA) is 63.1 Å². The van der Waals surface area contributed by atoms with Crippen LogP contribution in [0.15, 0.2) is 41.0 Å². The Balaban J connectivity index is 2.41. The summed E-state index contributed by atoms with van der Waals surface area (Å²) in [5.74, 6) is -1.32. The van der Waals surface area contributed by atoms with Gasteiger partial charge in [-0.15, -0.1) is 0 Å². The molecule has 2 aromatic rings. The molecule has 1 aromatic carbocycles. The van der Waals surface area contributed by atoms with E-state index in [1.165, 1.54) is 0 Å². The molecule has 0 fully saturated rings. The van der Waals surface area contributed by atoms with E-state index in [0.717, 1.165) is 15.7 Å². The highest BCUT2D eigenvalue weighted by Gasteiger charge is 2.17.